The van der Waals surface area contributed by atoms with Crippen LogP contribution in [0.1, 0.15) is 23.7 Å². The zero-order valence-electron chi connectivity index (χ0n) is 16.1. The third kappa shape index (κ3) is 4.55. The molecule has 0 radical (unpaired) electrons. The van der Waals surface area contributed by atoms with Crippen molar-refractivity contribution >= 4 is 17.5 Å². The van der Waals surface area contributed by atoms with Crippen LogP contribution < -0.4 is 10.1 Å². The molecule has 8 heteroatoms. The first-order valence-electron chi connectivity index (χ1n) is 9.21. The van der Waals surface area contributed by atoms with Crippen molar-refractivity contribution in [3.63, 3.8) is 0 Å². The van der Waals surface area contributed by atoms with Crippen molar-refractivity contribution in [3.05, 3.63) is 53.1 Å². The topological polar surface area (TPSA) is 108 Å². The minimum Gasteiger partial charge on any atom is -0.462 e. The number of nitrogens with one attached hydrogen (secondary N) is 1. The number of rotatable bonds is 5. The smallest absolute Gasteiger partial charge is 0.251 e. The molecule has 1 fully saturated rings. The maximum absolute atomic E-state index is 11.9. The number of aliphatic hydroxyl groups is 3. The Labute approximate surface area is 173 Å². The lowest BCUT2D eigenvalue weighted by Crippen LogP contribution is -2.60. The summed E-state index contributed by atoms with van der Waals surface area (Å²) in [4.78, 5) is 11.9. The normalized spacial score (nSPS) is 26.8. The lowest BCUT2D eigenvalue weighted by Gasteiger charge is -2.43. The Hall–Kier alpha value is -2.16. The summed E-state index contributed by atoms with van der Waals surface area (Å²) in [6, 6.07) is 12.0. The molecule has 0 bridgehead atoms. The number of benzene rings is 2. The van der Waals surface area contributed by atoms with Crippen LogP contribution in [0.2, 0.25) is 5.02 Å². The Morgan fingerprint density at radius 2 is 2.10 bits per heavy atom. The Morgan fingerprint density at radius 3 is 2.76 bits per heavy atom. The number of amides is 1. The van der Waals surface area contributed by atoms with Gasteiger partial charge in [-0.2, -0.15) is 0 Å². The van der Waals surface area contributed by atoms with E-state index in [1.54, 1.807) is 43.4 Å². The van der Waals surface area contributed by atoms with Crippen LogP contribution in [-0.4, -0.2) is 59.0 Å². The van der Waals surface area contributed by atoms with Gasteiger partial charge in [0, 0.05) is 24.6 Å². The molecule has 156 valence electrons. The van der Waals surface area contributed by atoms with Crippen molar-refractivity contribution in [3.8, 4) is 16.9 Å². The van der Waals surface area contributed by atoms with Crippen LogP contribution in [0.4, 0.5) is 0 Å². The molecule has 1 heterocycles. The van der Waals surface area contributed by atoms with Crippen molar-refractivity contribution in [1.29, 1.82) is 0 Å². The third-order valence-corrected chi connectivity index (χ3v) is 5.32. The van der Waals surface area contributed by atoms with Gasteiger partial charge in [-0.25, -0.2) is 0 Å². The van der Waals surface area contributed by atoms with Gasteiger partial charge in [-0.3, -0.25) is 4.79 Å². The summed E-state index contributed by atoms with van der Waals surface area (Å²) in [5, 5.41) is 33.0. The predicted octanol–water partition coefficient (Wildman–Crippen LogP) is 1.96. The maximum atomic E-state index is 11.9. The second-order valence-electron chi connectivity index (χ2n) is 7.17. The Balaban J connectivity index is 1.84. The summed E-state index contributed by atoms with van der Waals surface area (Å²) in [7, 11) is 1.56. The molecule has 1 aliphatic rings. The van der Waals surface area contributed by atoms with Gasteiger partial charge in [-0.1, -0.05) is 23.7 Å². The van der Waals surface area contributed by atoms with Crippen molar-refractivity contribution < 1.29 is 29.6 Å². The number of hydrogen-bond donors (Lipinski definition) is 4. The molecule has 7 nitrogen and oxygen atoms in total. The summed E-state index contributed by atoms with van der Waals surface area (Å²) in [5.41, 5.74) is 0.323. The fourth-order valence-corrected chi connectivity index (χ4v) is 3.46. The molecule has 29 heavy (non-hydrogen) atoms. The van der Waals surface area contributed by atoms with E-state index in [0.717, 1.165) is 5.56 Å². The van der Waals surface area contributed by atoms with E-state index in [9.17, 15) is 20.1 Å². The molecule has 0 spiro atoms. The summed E-state index contributed by atoms with van der Waals surface area (Å²) in [5.74, 6) is 0.133. The summed E-state index contributed by atoms with van der Waals surface area (Å²) >= 11 is 6.43. The van der Waals surface area contributed by atoms with Crippen LogP contribution in [-0.2, 0) is 4.74 Å². The van der Waals surface area contributed by atoms with E-state index >= 15 is 0 Å². The van der Waals surface area contributed by atoms with Crippen LogP contribution in [0.15, 0.2) is 42.5 Å². The molecule has 0 aliphatic carbocycles. The first-order valence-corrected chi connectivity index (χ1v) is 9.59. The van der Waals surface area contributed by atoms with Crippen molar-refractivity contribution in [2.45, 2.75) is 37.4 Å². The minimum absolute atomic E-state index is 0.102. The van der Waals surface area contributed by atoms with Gasteiger partial charge in [0.05, 0.1) is 23.8 Å². The first kappa shape index (κ1) is 21.5. The molecule has 0 saturated carbocycles. The van der Waals surface area contributed by atoms with Crippen molar-refractivity contribution in [2.24, 2.45) is 0 Å². The molecule has 0 aromatic heterocycles. The van der Waals surface area contributed by atoms with Crippen LogP contribution >= 0.6 is 11.6 Å². The highest BCUT2D eigenvalue weighted by atomic mass is 35.5. The number of hydrogen-bond acceptors (Lipinski definition) is 6. The molecule has 2 aromatic carbocycles. The fourth-order valence-electron chi connectivity index (χ4n) is 3.18. The number of ether oxygens (including phenoxy) is 2. The number of halogens is 1. The van der Waals surface area contributed by atoms with E-state index in [0.29, 0.717) is 21.9 Å². The average Bonchev–Trinajstić information content (AvgIpc) is 2.71. The lowest BCUT2D eigenvalue weighted by molar-refractivity contribution is -0.283. The van der Waals surface area contributed by atoms with E-state index in [2.05, 4.69) is 5.32 Å². The monoisotopic (exact) mass is 421 g/mol. The predicted molar refractivity (Wildman–Crippen MR) is 108 cm³/mol. The first-order chi connectivity index (χ1) is 13.8. The standard InChI is InChI=1S/C21H24ClNO6/c1-21(27)18(25)10-15(11-24)29-20(21)28-14-6-7-16(17(22)9-14)12-4-3-5-13(8-12)19(26)23-2/h3-9,15,18,20,24-25,27H,10-11H2,1-2H3,(H,23,26)/t15-,18-,20-,21-/m0/s1. The number of aliphatic hydroxyl groups excluding tert-OH is 2. The molecule has 2 aromatic rings. The van der Waals surface area contributed by atoms with Gasteiger partial charge in [0.15, 0.2) is 0 Å². The molecule has 1 aliphatic heterocycles. The lowest BCUT2D eigenvalue weighted by atomic mass is 9.90. The molecular weight excluding hydrogens is 398 g/mol. The summed E-state index contributed by atoms with van der Waals surface area (Å²) in [6.07, 6.45) is -2.83. The van der Waals surface area contributed by atoms with Gasteiger partial charge >= 0.3 is 0 Å². The van der Waals surface area contributed by atoms with Crippen LogP contribution in [0, 0.1) is 0 Å². The van der Waals surface area contributed by atoms with Crippen LogP contribution in [0.25, 0.3) is 11.1 Å². The van der Waals surface area contributed by atoms with Crippen LogP contribution in [0.3, 0.4) is 0 Å². The fraction of sp³-hybridized carbons (Fsp3) is 0.381. The quantitative estimate of drug-likeness (QED) is 0.587. The molecule has 1 amide bonds. The van der Waals surface area contributed by atoms with Gasteiger partial charge in [0.1, 0.15) is 11.4 Å². The van der Waals surface area contributed by atoms with E-state index in [1.165, 1.54) is 6.92 Å². The minimum atomic E-state index is -1.65. The van der Waals surface area contributed by atoms with E-state index in [-0.39, 0.29) is 18.9 Å². The Bertz CT molecular complexity index is 887. The largest absolute Gasteiger partial charge is 0.462 e. The van der Waals surface area contributed by atoms with Crippen LogP contribution in [0.5, 0.6) is 5.75 Å². The molecule has 4 atom stereocenters. The second kappa shape index (κ2) is 8.69. The summed E-state index contributed by atoms with van der Waals surface area (Å²) in [6.45, 7) is 1.12. The average molecular weight is 422 g/mol. The van der Waals surface area contributed by atoms with E-state index in [4.69, 9.17) is 21.1 Å². The highest BCUT2D eigenvalue weighted by Gasteiger charge is 2.48. The van der Waals surface area contributed by atoms with Crippen molar-refractivity contribution in [1.82, 2.24) is 5.32 Å². The van der Waals surface area contributed by atoms with Gasteiger partial charge in [-0.15, -0.1) is 0 Å². The molecule has 4 N–H and O–H groups in total. The second-order valence-corrected chi connectivity index (χ2v) is 7.58. The SMILES string of the molecule is CNC(=O)c1cccc(-c2ccc(O[C@H]3O[C@H](CO)C[C@H](O)[C@]3(C)O)cc2Cl)c1. The Morgan fingerprint density at radius 1 is 1.34 bits per heavy atom. The summed E-state index contributed by atoms with van der Waals surface area (Å²) < 4.78 is 11.3. The molecule has 1 saturated heterocycles. The van der Waals surface area contributed by atoms with Gasteiger partial charge in [0.2, 0.25) is 6.29 Å². The van der Waals surface area contributed by atoms with Gasteiger partial charge in [0.25, 0.3) is 5.91 Å². The third-order valence-electron chi connectivity index (χ3n) is 5.00. The van der Waals surface area contributed by atoms with Gasteiger partial charge < -0.3 is 30.1 Å². The highest BCUT2D eigenvalue weighted by molar-refractivity contribution is 6.33. The Kier molecular flexibility index (Phi) is 6.45. The zero-order chi connectivity index (χ0) is 21.2. The molecule has 3 rings (SSSR count). The van der Waals surface area contributed by atoms with Gasteiger partial charge in [-0.05, 0) is 42.8 Å². The maximum Gasteiger partial charge on any atom is 0.251 e. The number of carbonyl (C=O) groups excluding carboxylic acids is 1. The number of carbonyl (C=O) groups is 1. The molecular formula is C21H24ClNO6. The highest BCUT2D eigenvalue weighted by Crippen LogP contribution is 2.35. The van der Waals surface area contributed by atoms with E-state index < -0.39 is 24.1 Å². The molecule has 0 unspecified atom stereocenters. The zero-order valence-corrected chi connectivity index (χ0v) is 16.9. The van der Waals surface area contributed by atoms with E-state index in [1.807, 2.05) is 6.07 Å². The van der Waals surface area contributed by atoms with Crippen molar-refractivity contribution in [2.75, 3.05) is 13.7 Å².